The molecule has 1 aliphatic heterocycles. The van der Waals surface area contributed by atoms with Gasteiger partial charge in [-0.2, -0.15) is 5.10 Å². The Labute approximate surface area is 117 Å². The summed E-state index contributed by atoms with van der Waals surface area (Å²) >= 11 is 0. The molecule has 2 heterocycles. The van der Waals surface area contributed by atoms with Crippen molar-refractivity contribution < 1.29 is 14.2 Å². The molecule has 1 unspecified atom stereocenters. The van der Waals surface area contributed by atoms with Crippen LogP contribution in [0, 0.1) is 0 Å². The summed E-state index contributed by atoms with van der Waals surface area (Å²) in [5, 5.41) is 4.13. The number of benzene rings is 1. The van der Waals surface area contributed by atoms with Crippen LogP contribution < -0.4 is 15.2 Å². The van der Waals surface area contributed by atoms with E-state index < -0.39 is 0 Å². The molecular weight excluding hydrogens is 258 g/mol. The lowest BCUT2D eigenvalue weighted by molar-refractivity contribution is 0.0455. The van der Waals surface area contributed by atoms with Crippen LogP contribution in [0.3, 0.4) is 0 Å². The summed E-state index contributed by atoms with van der Waals surface area (Å²) in [7, 11) is 1.87. The lowest BCUT2D eigenvalue weighted by Gasteiger charge is -2.14. The first kappa shape index (κ1) is 13.0. The first-order chi connectivity index (χ1) is 9.76. The second-order valence-corrected chi connectivity index (χ2v) is 4.67. The van der Waals surface area contributed by atoms with E-state index >= 15 is 0 Å². The molecule has 0 radical (unpaired) electrons. The van der Waals surface area contributed by atoms with Crippen LogP contribution in [0.25, 0.3) is 0 Å². The third kappa shape index (κ3) is 2.61. The Balaban J connectivity index is 1.66. The molecule has 1 atom stereocenters. The lowest BCUT2D eigenvalue weighted by Crippen LogP contribution is -2.15. The van der Waals surface area contributed by atoms with Gasteiger partial charge in [0.15, 0.2) is 11.5 Å². The molecule has 0 bridgehead atoms. The highest BCUT2D eigenvalue weighted by Gasteiger charge is 2.15. The molecule has 106 valence electrons. The van der Waals surface area contributed by atoms with Crippen molar-refractivity contribution >= 4 is 0 Å². The van der Waals surface area contributed by atoms with Crippen LogP contribution in [-0.2, 0) is 18.4 Å². The molecule has 2 N–H and O–H groups in total. The van der Waals surface area contributed by atoms with Gasteiger partial charge in [0.2, 0.25) is 6.79 Å². The van der Waals surface area contributed by atoms with Crippen LogP contribution in [0.2, 0.25) is 0 Å². The van der Waals surface area contributed by atoms with E-state index in [1.807, 2.05) is 31.4 Å². The van der Waals surface area contributed by atoms with E-state index in [0.717, 1.165) is 22.6 Å². The SMILES string of the molecule is Cn1cc(C(CN)OCc2ccc3c(c2)OCO3)cn1. The smallest absolute Gasteiger partial charge is 0.231 e. The number of nitrogens with zero attached hydrogens (tertiary/aromatic N) is 2. The normalized spacial score (nSPS) is 14.5. The van der Waals surface area contributed by atoms with E-state index in [2.05, 4.69) is 5.10 Å². The predicted molar refractivity (Wildman–Crippen MR) is 72.4 cm³/mol. The molecule has 6 heteroatoms. The zero-order chi connectivity index (χ0) is 13.9. The summed E-state index contributed by atoms with van der Waals surface area (Å²) in [6, 6.07) is 5.78. The quantitative estimate of drug-likeness (QED) is 0.892. The predicted octanol–water partition coefficient (Wildman–Crippen LogP) is 1.37. The van der Waals surface area contributed by atoms with Gasteiger partial charge in [0.05, 0.1) is 18.9 Å². The minimum Gasteiger partial charge on any atom is -0.454 e. The van der Waals surface area contributed by atoms with Gasteiger partial charge in [0, 0.05) is 25.4 Å². The number of hydrogen-bond acceptors (Lipinski definition) is 5. The first-order valence-electron chi connectivity index (χ1n) is 6.45. The topological polar surface area (TPSA) is 71.5 Å². The first-order valence-corrected chi connectivity index (χ1v) is 6.45. The van der Waals surface area contributed by atoms with Crippen LogP contribution in [0.4, 0.5) is 0 Å². The van der Waals surface area contributed by atoms with E-state index in [1.54, 1.807) is 10.9 Å². The molecule has 0 saturated carbocycles. The van der Waals surface area contributed by atoms with Crippen LogP contribution in [0.15, 0.2) is 30.6 Å². The van der Waals surface area contributed by atoms with Gasteiger partial charge in [-0.05, 0) is 17.7 Å². The fourth-order valence-corrected chi connectivity index (χ4v) is 2.13. The van der Waals surface area contributed by atoms with Crippen molar-refractivity contribution in [2.45, 2.75) is 12.7 Å². The fraction of sp³-hybridized carbons (Fsp3) is 0.357. The van der Waals surface area contributed by atoms with Crippen LogP contribution in [-0.4, -0.2) is 23.1 Å². The number of ether oxygens (including phenoxy) is 3. The minimum atomic E-state index is -0.158. The number of rotatable bonds is 5. The zero-order valence-corrected chi connectivity index (χ0v) is 11.3. The maximum Gasteiger partial charge on any atom is 0.231 e. The Kier molecular flexibility index (Phi) is 3.58. The Morgan fingerprint density at radius 1 is 1.40 bits per heavy atom. The van der Waals surface area contributed by atoms with Crippen molar-refractivity contribution in [2.75, 3.05) is 13.3 Å². The summed E-state index contributed by atoms with van der Waals surface area (Å²) in [5.41, 5.74) is 7.77. The van der Waals surface area contributed by atoms with Crippen molar-refractivity contribution in [1.82, 2.24) is 9.78 Å². The van der Waals surface area contributed by atoms with Crippen molar-refractivity contribution in [2.24, 2.45) is 12.8 Å². The molecule has 20 heavy (non-hydrogen) atoms. The summed E-state index contributed by atoms with van der Waals surface area (Å²) in [6.45, 7) is 1.16. The Morgan fingerprint density at radius 3 is 3.00 bits per heavy atom. The van der Waals surface area contributed by atoms with Crippen molar-refractivity contribution in [3.8, 4) is 11.5 Å². The van der Waals surface area contributed by atoms with Crippen molar-refractivity contribution in [1.29, 1.82) is 0 Å². The Hall–Kier alpha value is -2.05. The highest BCUT2D eigenvalue weighted by molar-refractivity contribution is 5.44. The highest BCUT2D eigenvalue weighted by Crippen LogP contribution is 2.33. The number of aryl methyl sites for hydroxylation is 1. The molecule has 1 aromatic heterocycles. The molecule has 0 amide bonds. The summed E-state index contributed by atoms with van der Waals surface area (Å²) < 4.78 is 18.2. The minimum absolute atomic E-state index is 0.158. The van der Waals surface area contributed by atoms with Gasteiger partial charge >= 0.3 is 0 Å². The van der Waals surface area contributed by atoms with Gasteiger partial charge in [0.25, 0.3) is 0 Å². The van der Waals surface area contributed by atoms with Crippen molar-refractivity contribution in [3.05, 3.63) is 41.7 Å². The Bertz CT molecular complexity index is 597. The third-order valence-electron chi connectivity index (χ3n) is 3.20. The van der Waals surface area contributed by atoms with Gasteiger partial charge in [-0.15, -0.1) is 0 Å². The monoisotopic (exact) mass is 275 g/mol. The van der Waals surface area contributed by atoms with Crippen molar-refractivity contribution in [3.63, 3.8) is 0 Å². The largest absolute Gasteiger partial charge is 0.454 e. The molecule has 1 aliphatic rings. The molecular formula is C14H17N3O3. The van der Waals surface area contributed by atoms with Crippen LogP contribution in [0.5, 0.6) is 11.5 Å². The number of fused-ring (bicyclic) bond motifs is 1. The average Bonchev–Trinajstić information content (AvgIpc) is 3.08. The molecule has 0 spiro atoms. The van der Waals surface area contributed by atoms with E-state index in [9.17, 15) is 0 Å². The van der Waals surface area contributed by atoms with E-state index in [1.165, 1.54) is 0 Å². The standard InChI is InChI=1S/C14H17N3O3/c1-17-7-11(6-16-17)14(5-15)18-8-10-2-3-12-13(4-10)20-9-19-12/h2-4,6-7,14H,5,8-9,15H2,1H3. The number of nitrogens with two attached hydrogens (primary N) is 1. The Morgan fingerprint density at radius 2 is 2.25 bits per heavy atom. The summed E-state index contributed by atoms with van der Waals surface area (Å²) in [6.07, 6.45) is 3.53. The van der Waals surface area contributed by atoms with Gasteiger partial charge in [-0.25, -0.2) is 0 Å². The van der Waals surface area contributed by atoms with Crippen LogP contribution >= 0.6 is 0 Å². The molecule has 2 aromatic rings. The summed E-state index contributed by atoms with van der Waals surface area (Å²) in [5.74, 6) is 1.54. The fourth-order valence-electron chi connectivity index (χ4n) is 2.13. The second kappa shape index (κ2) is 5.52. The molecule has 3 rings (SSSR count). The van der Waals surface area contributed by atoms with E-state index in [4.69, 9.17) is 19.9 Å². The molecule has 6 nitrogen and oxygen atoms in total. The van der Waals surface area contributed by atoms with E-state index in [-0.39, 0.29) is 12.9 Å². The third-order valence-corrected chi connectivity index (χ3v) is 3.20. The second-order valence-electron chi connectivity index (χ2n) is 4.67. The zero-order valence-electron chi connectivity index (χ0n) is 11.3. The molecule has 0 fully saturated rings. The van der Waals surface area contributed by atoms with Gasteiger partial charge < -0.3 is 19.9 Å². The molecule has 0 saturated heterocycles. The van der Waals surface area contributed by atoms with Crippen LogP contribution in [0.1, 0.15) is 17.2 Å². The maximum atomic E-state index is 5.86. The average molecular weight is 275 g/mol. The molecule has 1 aromatic carbocycles. The highest BCUT2D eigenvalue weighted by atomic mass is 16.7. The van der Waals surface area contributed by atoms with Gasteiger partial charge in [-0.1, -0.05) is 6.07 Å². The van der Waals surface area contributed by atoms with E-state index in [0.29, 0.717) is 13.2 Å². The number of aromatic nitrogens is 2. The van der Waals surface area contributed by atoms with Gasteiger partial charge in [-0.3, -0.25) is 4.68 Å². The van der Waals surface area contributed by atoms with Gasteiger partial charge in [0.1, 0.15) is 0 Å². The maximum absolute atomic E-state index is 5.86. The molecule has 0 aliphatic carbocycles. The number of hydrogen-bond donors (Lipinski definition) is 1. The summed E-state index contributed by atoms with van der Waals surface area (Å²) in [4.78, 5) is 0. The lowest BCUT2D eigenvalue weighted by atomic mass is 10.2.